The van der Waals surface area contributed by atoms with Crippen LogP contribution in [0.3, 0.4) is 0 Å². The summed E-state index contributed by atoms with van der Waals surface area (Å²) in [5.41, 5.74) is 0.635. The number of halogens is 1. The van der Waals surface area contributed by atoms with Gasteiger partial charge in [-0.05, 0) is 28.6 Å². The lowest BCUT2D eigenvalue weighted by Crippen LogP contribution is -2.06. The van der Waals surface area contributed by atoms with Crippen LogP contribution < -0.4 is 0 Å². The maximum atomic E-state index is 11.0. The van der Waals surface area contributed by atoms with Gasteiger partial charge in [0.05, 0.1) is 11.3 Å². The van der Waals surface area contributed by atoms with Crippen LogP contribution >= 0.6 is 11.6 Å². The molecule has 0 radical (unpaired) electrons. The van der Waals surface area contributed by atoms with Gasteiger partial charge in [-0.2, -0.15) is 4.68 Å². The van der Waals surface area contributed by atoms with Crippen LogP contribution in [-0.2, 0) is 0 Å². The van der Waals surface area contributed by atoms with Crippen molar-refractivity contribution in [1.82, 2.24) is 20.2 Å². The number of carboxylic acids is 1. The topological polar surface area (TPSA) is 80.9 Å². The summed E-state index contributed by atoms with van der Waals surface area (Å²) in [4.78, 5) is 11.0. The highest BCUT2D eigenvalue weighted by molar-refractivity contribution is 6.31. The highest BCUT2D eigenvalue weighted by Gasteiger charge is 2.14. The second-order valence-corrected chi connectivity index (χ2v) is 4.54. The van der Waals surface area contributed by atoms with Gasteiger partial charge in [0.25, 0.3) is 0 Å². The highest BCUT2D eigenvalue weighted by atomic mass is 35.5. The van der Waals surface area contributed by atoms with E-state index in [-0.39, 0.29) is 11.5 Å². The fourth-order valence-corrected chi connectivity index (χ4v) is 1.79. The van der Waals surface area contributed by atoms with Crippen LogP contribution in [0, 0.1) is 0 Å². The number of carbonyl (C=O) groups is 1. The van der Waals surface area contributed by atoms with Crippen molar-refractivity contribution in [3.05, 3.63) is 34.6 Å². The number of hydrogen-bond donors (Lipinski definition) is 1. The van der Waals surface area contributed by atoms with Crippen LogP contribution in [0.5, 0.6) is 0 Å². The quantitative estimate of drug-likeness (QED) is 0.920. The third-order valence-corrected chi connectivity index (χ3v) is 2.60. The minimum Gasteiger partial charge on any atom is -0.478 e. The van der Waals surface area contributed by atoms with E-state index in [4.69, 9.17) is 16.7 Å². The minimum atomic E-state index is -1.04. The fraction of sp³-hybridized carbons (Fsp3) is 0.273. The first-order valence-electron chi connectivity index (χ1n) is 5.31. The van der Waals surface area contributed by atoms with Gasteiger partial charge in [-0.25, -0.2) is 4.79 Å². The van der Waals surface area contributed by atoms with Gasteiger partial charge < -0.3 is 5.11 Å². The zero-order valence-electron chi connectivity index (χ0n) is 9.83. The summed E-state index contributed by atoms with van der Waals surface area (Å²) < 4.78 is 1.49. The third-order valence-electron chi connectivity index (χ3n) is 2.38. The van der Waals surface area contributed by atoms with Gasteiger partial charge in [0.1, 0.15) is 0 Å². The van der Waals surface area contributed by atoms with Crippen LogP contribution in [0.1, 0.15) is 35.9 Å². The Labute approximate surface area is 108 Å². The van der Waals surface area contributed by atoms with Crippen molar-refractivity contribution in [2.45, 2.75) is 19.8 Å². The summed E-state index contributed by atoms with van der Waals surface area (Å²) in [6.07, 6.45) is 0. The second kappa shape index (κ2) is 4.73. The summed E-state index contributed by atoms with van der Waals surface area (Å²) in [7, 11) is 0. The lowest BCUT2D eigenvalue weighted by atomic mass is 10.2. The number of aromatic carboxylic acids is 1. The Kier molecular flexibility index (Phi) is 3.29. The maximum absolute atomic E-state index is 11.0. The SMILES string of the molecule is CC(C)c1nnnn1-c1cc(Cl)cc(C(=O)O)c1. The van der Waals surface area contributed by atoms with Gasteiger partial charge in [-0.15, -0.1) is 5.10 Å². The molecule has 1 aromatic heterocycles. The zero-order chi connectivity index (χ0) is 13.3. The van der Waals surface area contributed by atoms with Gasteiger partial charge in [0.2, 0.25) is 0 Å². The molecule has 0 atom stereocenters. The molecule has 7 heteroatoms. The van der Waals surface area contributed by atoms with Gasteiger partial charge in [0, 0.05) is 10.9 Å². The molecule has 0 unspecified atom stereocenters. The molecule has 0 aliphatic rings. The third kappa shape index (κ3) is 2.33. The molecule has 2 aromatic rings. The van der Waals surface area contributed by atoms with Gasteiger partial charge in [-0.1, -0.05) is 25.4 Å². The summed E-state index contributed by atoms with van der Waals surface area (Å²) in [6.45, 7) is 3.90. The van der Waals surface area contributed by atoms with Crippen molar-refractivity contribution in [3.63, 3.8) is 0 Å². The molecular formula is C11H11ClN4O2. The Morgan fingerprint density at radius 2 is 2.11 bits per heavy atom. The summed E-state index contributed by atoms with van der Waals surface area (Å²) in [5, 5.41) is 20.7. The molecule has 1 aromatic carbocycles. The van der Waals surface area contributed by atoms with E-state index >= 15 is 0 Å². The number of nitrogens with zero attached hydrogens (tertiary/aromatic N) is 4. The first-order valence-corrected chi connectivity index (χ1v) is 5.69. The summed E-state index contributed by atoms with van der Waals surface area (Å²) >= 11 is 5.90. The molecule has 1 heterocycles. The standard InChI is InChI=1S/C11H11ClN4O2/c1-6(2)10-13-14-15-16(10)9-4-7(11(17)18)3-8(12)5-9/h3-6H,1-2H3,(H,17,18). The normalized spacial score (nSPS) is 10.9. The van der Waals surface area contributed by atoms with E-state index in [1.54, 1.807) is 6.07 Å². The van der Waals surface area contributed by atoms with E-state index in [1.165, 1.54) is 16.8 Å². The Balaban J connectivity index is 2.57. The monoisotopic (exact) mass is 266 g/mol. The van der Waals surface area contributed by atoms with Crippen LogP contribution in [0.25, 0.3) is 5.69 Å². The van der Waals surface area contributed by atoms with Crippen LogP contribution in [0.15, 0.2) is 18.2 Å². The molecule has 0 aliphatic heterocycles. The van der Waals surface area contributed by atoms with E-state index in [0.717, 1.165) is 0 Å². The van der Waals surface area contributed by atoms with Gasteiger partial charge in [-0.3, -0.25) is 0 Å². The summed E-state index contributed by atoms with van der Waals surface area (Å²) in [5.74, 6) is -0.279. The molecule has 1 N–H and O–H groups in total. The Morgan fingerprint density at radius 3 is 2.72 bits per heavy atom. The van der Waals surface area contributed by atoms with Crippen LogP contribution in [0.2, 0.25) is 5.02 Å². The lowest BCUT2D eigenvalue weighted by Gasteiger charge is -2.08. The van der Waals surface area contributed by atoms with E-state index in [9.17, 15) is 4.79 Å². The van der Waals surface area contributed by atoms with E-state index in [0.29, 0.717) is 16.5 Å². The average molecular weight is 267 g/mol. The first-order chi connectivity index (χ1) is 8.49. The maximum Gasteiger partial charge on any atom is 0.335 e. The highest BCUT2D eigenvalue weighted by Crippen LogP contribution is 2.20. The molecule has 6 nitrogen and oxygen atoms in total. The molecule has 0 amide bonds. The predicted molar refractivity (Wildman–Crippen MR) is 65.2 cm³/mol. The van der Waals surface area contributed by atoms with Crippen molar-refractivity contribution in [2.24, 2.45) is 0 Å². The smallest absolute Gasteiger partial charge is 0.335 e. The predicted octanol–water partition coefficient (Wildman–Crippen LogP) is 2.14. The van der Waals surface area contributed by atoms with E-state index in [2.05, 4.69) is 15.5 Å². The van der Waals surface area contributed by atoms with Crippen molar-refractivity contribution in [3.8, 4) is 5.69 Å². The zero-order valence-corrected chi connectivity index (χ0v) is 10.6. The van der Waals surface area contributed by atoms with E-state index in [1.807, 2.05) is 13.8 Å². The Morgan fingerprint density at radius 1 is 1.39 bits per heavy atom. The largest absolute Gasteiger partial charge is 0.478 e. The van der Waals surface area contributed by atoms with Crippen LogP contribution in [-0.4, -0.2) is 31.3 Å². The second-order valence-electron chi connectivity index (χ2n) is 4.11. The number of carboxylic acid groups (broad SMARTS) is 1. The van der Waals surface area contributed by atoms with Crippen LogP contribution in [0.4, 0.5) is 0 Å². The van der Waals surface area contributed by atoms with Crippen molar-refractivity contribution in [1.29, 1.82) is 0 Å². The van der Waals surface area contributed by atoms with E-state index < -0.39 is 5.97 Å². The molecule has 0 aliphatic carbocycles. The molecule has 0 saturated heterocycles. The first kappa shape index (κ1) is 12.5. The van der Waals surface area contributed by atoms with Crippen molar-refractivity contribution >= 4 is 17.6 Å². The van der Waals surface area contributed by atoms with Gasteiger partial charge >= 0.3 is 5.97 Å². The molecule has 18 heavy (non-hydrogen) atoms. The molecule has 0 saturated carbocycles. The minimum absolute atomic E-state index is 0.0997. The lowest BCUT2D eigenvalue weighted by molar-refractivity contribution is 0.0697. The number of aromatic nitrogens is 4. The molecule has 94 valence electrons. The molecular weight excluding hydrogens is 256 g/mol. The Hall–Kier alpha value is -1.95. The number of rotatable bonds is 3. The number of hydrogen-bond acceptors (Lipinski definition) is 4. The number of benzene rings is 1. The fourth-order valence-electron chi connectivity index (χ4n) is 1.56. The summed E-state index contributed by atoms with van der Waals surface area (Å²) in [6, 6.07) is 4.49. The van der Waals surface area contributed by atoms with Gasteiger partial charge in [0.15, 0.2) is 5.82 Å². The molecule has 0 spiro atoms. The molecule has 2 rings (SSSR count). The van der Waals surface area contributed by atoms with Crippen molar-refractivity contribution < 1.29 is 9.90 Å². The Bertz CT molecular complexity index is 594. The average Bonchev–Trinajstić information content (AvgIpc) is 2.76. The van der Waals surface area contributed by atoms with Crippen molar-refractivity contribution in [2.75, 3.05) is 0 Å². The molecule has 0 bridgehead atoms. The molecule has 0 fully saturated rings. The number of tetrazole rings is 1.